The van der Waals surface area contributed by atoms with Crippen molar-refractivity contribution in [3.63, 3.8) is 0 Å². The molecule has 1 heterocycles. The van der Waals surface area contributed by atoms with E-state index in [9.17, 15) is 14.4 Å². The zero-order valence-corrected chi connectivity index (χ0v) is 23.9. The van der Waals surface area contributed by atoms with E-state index in [1.807, 2.05) is 39.0 Å². The second-order valence-corrected chi connectivity index (χ2v) is 10.6. The van der Waals surface area contributed by atoms with E-state index in [4.69, 9.17) is 32.7 Å². The van der Waals surface area contributed by atoms with Crippen LogP contribution in [0.15, 0.2) is 59.5 Å². The number of amides is 3. The van der Waals surface area contributed by atoms with Crippen LogP contribution in [-0.2, 0) is 16.1 Å². The Morgan fingerprint density at radius 2 is 1.72 bits per heavy atom. The van der Waals surface area contributed by atoms with E-state index < -0.39 is 11.1 Å². The first-order chi connectivity index (χ1) is 18.7. The van der Waals surface area contributed by atoms with Gasteiger partial charge in [0.15, 0.2) is 18.1 Å². The topological polar surface area (TPSA) is 84.9 Å². The molecule has 0 aromatic heterocycles. The van der Waals surface area contributed by atoms with Gasteiger partial charge in [-0.1, -0.05) is 41.4 Å². The van der Waals surface area contributed by atoms with Gasteiger partial charge in [-0.25, -0.2) is 0 Å². The average molecular weight is 586 g/mol. The summed E-state index contributed by atoms with van der Waals surface area (Å²) < 4.78 is 11.4. The Bertz CT molecular complexity index is 1450. The molecule has 1 aliphatic rings. The van der Waals surface area contributed by atoms with Crippen molar-refractivity contribution < 1.29 is 23.9 Å². The van der Waals surface area contributed by atoms with E-state index in [1.165, 1.54) is 0 Å². The number of imide groups is 1. The lowest BCUT2D eigenvalue weighted by atomic mass is 10.1. The molecule has 0 bridgehead atoms. The molecule has 3 amide bonds. The Kier molecular flexibility index (Phi) is 9.22. The number of carbonyl (C=O) groups is 3. The van der Waals surface area contributed by atoms with Crippen LogP contribution in [-0.4, -0.2) is 35.2 Å². The fraction of sp³-hybridized carbons (Fsp3) is 0.207. The van der Waals surface area contributed by atoms with Crippen molar-refractivity contribution in [2.45, 2.75) is 27.3 Å². The summed E-state index contributed by atoms with van der Waals surface area (Å²) in [4.78, 5) is 39.4. The smallest absolute Gasteiger partial charge is 0.293 e. The van der Waals surface area contributed by atoms with E-state index in [0.29, 0.717) is 45.0 Å². The highest BCUT2D eigenvalue weighted by molar-refractivity contribution is 8.18. The highest BCUT2D eigenvalue weighted by Gasteiger charge is 2.35. The molecular weight excluding hydrogens is 559 g/mol. The summed E-state index contributed by atoms with van der Waals surface area (Å²) in [5.41, 5.74) is 4.05. The summed E-state index contributed by atoms with van der Waals surface area (Å²) in [5.74, 6) is 0.0392. The van der Waals surface area contributed by atoms with Gasteiger partial charge in [-0.15, -0.1) is 0 Å². The number of nitrogens with one attached hydrogen (secondary N) is 1. The number of carbonyl (C=O) groups excluding carboxylic acids is 3. The Morgan fingerprint density at radius 1 is 0.974 bits per heavy atom. The first-order valence-corrected chi connectivity index (χ1v) is 13.7. The van der Waals surface area contributed by atoms with Crippen LogP contribution in [0.25, 0.3) is 6.08 Å². The van der Waals surface area contributed by atoms with E-state index >= 15 is 0 Å². The largest absolute Gasteiger partial charge is 0.490 e. The molecule has 0 radical (unpaired) electrons. The normalized spacial score (nSPS) is 14.2. The third-order valence-corrected chi connectivity index (χ3v) is 7.58. The van der Waals surface area contributed by atoms with Gasteiger partial charge in [0.05, 0.1) is 18.1 Å². The summed E-state index contributed by atoms with van der Waals surface area (Å²) in [6.07, 6.45) is 1.61. The quantitative estimate of drug-likeness (QED) is 0.266. The van der Waals surface area contributed by atoms with Gasteiger partial charge in [0, 0.05) is 21.3 Å². The van der Waals surface area contributed by atoms with Crippen LogP contribution in [0.2, 0.25) is 10.0 Å². The molecule has 0 spiro atoms. The van der Waals surface area contributed by atoms with Crippen molar-refractivity contribution in [1.82, 2.24) is 4.90 Å². The average Bonchev–Trinajstić information content (AvgIpc) is 3.15. The molecule has 202 valence electrons. The number of aryl methyl sites for hydroxylation is 2. The number of rotatable bonds is 9. The van der Waals surface area contributed by atoms with Gasteiger partial charge in [-0.3, -0.25) is 19.3 Å². The minimum Gasteiger partial charge on any atom is -0.490 e. The van der Waals surface area contributed by atoms with Crippen molar-refractivity contribution in [1.29, 1.82) is 0 Å². The number of hydrogen-bond donors (Lipinski definition) is 1. The molecule has 1 N–H and O–H groups in total. The number of ether oxygens (including phenoxy) is 2. The Hall–Kier alpha value is -3.46. The molecule has 10 heteroatoms. The van der Waals surface area contributed by atoms with Crippen LogP contribution in [0, 0.1) is 13.8 Å². The third-order valence-electron chi connectivity index (χ3n) is 5.97. The molecule has 0 aliphatic carbocycles. The minimum absolute atomic E-state index is 0.0261. The highest BCUT2D eigenvalue weighted by atomic mass is 35.5. The van der Waals surface area contributed by atoms with Crippen LogP contribution in [0.1, 0.15) is 29.2 Å². The molecule has 3 aromatic rings. The summed E-state index contributed by atoms with van der Waals surface area (Å²) in [6, 6.07) is 15.8. The molecule has 0 saturated carbocycles. The second-order valence-electron chi connectivity index (χ2n) is 8.74. The minimum atomic E-state index is -0.442. The van der Waals surface area contributed by atoms with Crippen LogP contribution in [0.5, 0.6) is 11.5 Å². The molecule has 1 fully saturated rings. The summed E-state index contributed by atoms with van der Waals surface area (Å²) in [7, 11) is 0. The van der Waals surface area contributed by atoms with E-state index in [-0.39, 0.29) is 24.0 Å². The van der Waals surface area contributed by atoms with Gasteiger partial charge < -0.3 is 14.8 Å². The Labute approximate surface area is 241 Å². The summed E-state index contributed by atoms with van der Waals surface area (Å²) in [6.45, 7) is 5.94. The lowest BCUT2D eigenvalue weighted by Crippen LogP contribution is -2.27. The predicted octanol–water partition coefficient (Wildman–Crippen LogP) is 7.26. The first kappa shape index (κ1) is 28.5. The lowest BCUT2D eigenvalue weighted by molar-refractivity contribution is -0.123. The van der Waals surface area contributed by atoms with E-state index in [0.717, 1.165) is 27.8 Å². The van der Waals surface area contributed by atoms with Crippen molar-refractivity contribution in [2.75, 3.05) is 18.5 Å². The van der Waals surface area contributed by atoms with Crippen LogP contribution in [0.3, 0.4) is 0 Å². The van der Waals surface area contributed by atoms with Gasteiger partial charge >= 0.3 is 0 Å². The third kappa shape index (κ3) is 6.95. The molecule has 3 aromatic carbocycles. The molecule has 1 saturated heterocycles. The number of benzene rings is 3. The zero-order chi connectivity index (χ0) is 28.1. The number of anilines is 1. The highest BCUT2D eigenvalue weighted by Crippen LogP contribution is 2.37. The molecule has 0 unspecified atom stereocenters. The van der Waals surface area contributed by atoms with Crippen molar-refractivity contribution in [3.8, 4) is 11.5 Å². The van der Waals surface area contributed by atoms with E-state index in [1.54, 1.807) is 42.5 Å². The van der Waals surface area contributed by atoms with Gasteiger partial charge in [0.25, 0.3) is 17.1 Å². The molecule has 39 heavy (non-hydrogen) atoms. The monoisotopic (exact) mass is 584 g/mol. The maximum atomic E-state index is 13.0. The number of thioether (sulfide) groups is 1. The van der Waals surface area contributed by atoms with Gasteiger partial charge in [0.2, 0.25) is 0 Å². The van der Waals surface area contributed by atoms with Crippen LogP contribution < -0.4 is 14.8 Å². The SMILES string of the molecule is CCOc1cc(/C=C2/SC(=O)N(Cc3c(Cl)cccc3Cl)C2=O)ccc1OCC(=O)Nc1ccc(C)c(C)c1. The first-order valence-electron chi connectivity index (χ1n) is 12.1. The van der Waals surface area contributed by atoms with Crippen LogP contribution >= 0.6 is 35.0 Å². The standard InChI is InChI=1S/C29H26Cl2N2O5S/c1-4-37-25-13-19(9-11-24(25)38-16-27(34)32-20-10-8-17(2)18(3)12-20)14-26-28(35)33(29(36)39-26)15-21-22(30)6-5-7-23(21)31/h5-14H,4,15-16H2,1-3H3,(H,32,34)/b26-14+. The van der Waals surface area contributed by atoms with Gasteiger partial charge in [-0.2, -0.15) is 0 Å². The lowest BCUT2D eigenvalue weighted by Gasteiger charge is -2.15. The predicted molar refractivity (Wildman–Crippen MR) is 156 cm³/mol. The fourth-order valence-electron chi connectivity index (χ4n) is 3.79. The van der Waals surface area contributed by atoms with E-state index in [2.05, 4.69) is 5.32 Å². The van der Waals surface area contributed by atoms with Gasteiger partial charge in [0.1, 0.15) is 0 Å². The molecule has 4 rings (SSSR count). The van der Waals surface area contributed by atoms with Crippen molar-refractivity contribution in [3.05, 3.63) is 91.8 Å². The molecule has 7 nitrogen and oxygen atoms in total. The zero-order valence-electron chi connectivity index (χ0n) is 21.5. The Morgan fingerprint density at radius 3 is 2.41 bits per heavy atom. The Balaban J connectivity index is 1.46. The number of halogens is 2. The maximum Gasteiger partial charge on any atom is 0.293 e. The summed E-state index contributed by atoms with van der Waals surface area (Å²) >= 11 is 13.3. The van der Waals surface area contributed by atoms with Gasteiger partial charge in [-0.05, 0) is 91.7 Å². The fourth-order valence-corrected chi connectivity index (χ4v) is 5.15. The maximum absolute atomic E-state index is 13.0. The number of nitrogens with zero attached hydrogens (tertiary/aromatic N) is 1. The molecule has 0 atom stereocenters. The van der Waals surface area contributed by atoms with Crippen LogP contribution in [0.4, 0.5) is 10.5 Å². The molecule has 1 aliphatic heterocycles. The van der Waals surface area contributed by atoms with Crippen molar-refractivity contribution in [2.24, 2.45) is 0 Å². The second kappa shape index (κ2) is 12.6. The van der Waals surface area contributed by atoms with Crippen molar-refractivity contribution >= 4 is 63.8 Å². The number of hydrogen-bond acceptors (Lipinski definition) is 6. The summed E-state index contributed by atoms with van der Waals surface area (Å²) in [5, 5.41) is 3.17. The molecular formula is C29H26Cl2N2O5S.